The van der Waals surface area contributed by atoms with Gasteiger partial charge in [-0.1, -0.05) is 27.2 Å². The van der Waals surface area contributed by atoms with Crippen molar-refractivity contribution in [3.05, 3.63) is 0 Å². The Morgan fingerprint density at radius 2 is 1.71 bits per heavy atom. The molecule has 1 heteroatoms. The molecule has 1 heterocycles. The summed E-state index contributed by atoms with van der Waals surface area (Å²) in [5, 5.41) is 0. The van der Waals surface area contributed by atoms with Crippen LogP contribution in [-0.2, 0) is 0 Å². The molecule has 0 aliphatic carbocycles. The molecule has 0 amide bonds. The van der Waals surface area contributed by atoms with Crippen molar-refractivity contribution in [2.24, 2.45) is 17.8 Å². The third-order valence-electron chi connectivity index (χ3n) is 4.05. The Labute approximate surface area is 90.1 Å². The van der Waals surface area contributed by atoms with Crippen LogP contribution in [-0.4, -0.2) is 31.7 Å². The van der Waals surface area contributed by atoms with Gasteiger partial charge in [0.2, 0.25) is 0 Å². The normalized spacial score (nSPS) is 33.2. The van der Waals surface area contributed by atoms with Crippen molar-refractivity contribution < 1.29 is 4.48 Å². The average molecular weight is 198 g/mol. The molecule has 0 aromatic carbocycles. The van der Waals surface area contributed by atoms with Crippen LogP contribution in [0.1, 0.15) is 40.0 Å². The number of hydrogen-bond donors (Lipinski definition) is 0. The molecule has 3 atom stereocenters. The van der Waals surface area contributed by atoms with Crippen molar-refractivity contribution in [3.63, 3.8) is 0 Å². The highest BCUT2D eigenvalue weighted by Gasteiger charge is 2.38. The fraction of sp³-hybridized carbons (Fsp3) is 1.00. The summed E-state index contributed by atoms with van der Waals surface area (Å²) < 4.78 is 1.25. The van der Waals surface area contributed by atoms with E-state index in [9.17, 15) is 0 Å². The first-order valence-corrected chi connectivity index (χ1v) is 6.30. The van der Waals surface area contributed by atoms with E-state index in [2.05, 4.69) is 34.9 Å². The molecule has 1 rings (SSSR count). The van der Waals surface area contributed by atoms with Gasteiger partial charge >= 0.3 is 0 Å². The summed E-state index contributed by atoms with van der Waals surface area (Å²) in [5.41, 5.74) is 0. The lowest BCUT2D eigenvalue weighted by Gasteiger charge is -2.23. The zero-order valence-electron chi connectivity index (χ0n) is 10.7. The SMILES string of the molecule is CCC(C)CC1C[N+](C)(C)CC1CC. The van der Waals surface area contributed by atoms with Gasteiger partial charge < -0.3 is 4.48 Å². The zero-order chi connectivity index (χ0) is 10.8. The van der Waals surface area contributed by atoms with Crippen LogP contribution < -0.4 is 0 Å². The van der Waals surface area contributed by atoms with Crippen molar-refractivity contribution in [3.8, 4) is 0 Å². The number of rotatable bonds is 4. The van der Waals surface area contributed by atoms with Crippen LogP contribution in [0.15, 0.2) is 0 Å². The van der Waals surface area contributed by atoms with Crippen LogP contribution in [0, 0.1) is 17.8 Å². The second kappa shape index (κ2) is 4.65. The van der Waals surface area contributed by atoms with E-state index in [1.807, 2.05) is 0 Å². The monoisotopic (exact) mass is 198 g/mol. The van der Waals surface area contributed by atoms with Gasteiger partial charge in [0.1, 0.15) is 0 Å². The molecule has 0 aromatic heterocycles. The molecular formula is C13H28N+. The molecule has 0 bridgehead atoms. The minimum atomic E-state index is 0.923. The predicted octanol–water partition coefficient (Wildman–Crippen LogP) is 3.16. The lowest BCUT2D eigenvalue weighted by molar-refractivity contribution is -0.880. The van der Waals surface area contributed by atoms with Gasteiger partial charge in [-0.15, -0.1) is 0 Å². The first-order valence-electron chi connectivity index (χ1n) is 6.30. The van der Waals surface area contributed by atoms with Crippen LogP contribution in [0.4, 0.5) is 0 Å². The maximum Gasteiger partial charge on any atom is 0.0816 e. The highest BCUT2D eigenvalue weighted by atomic mass is 15.3. The summed E-state index contributed by atoms with van der Waals surface area (Å²) in [6.07, 6.45) is 4.18. The van der Waals surface area contributed by atoms with Gasteiger partial charge in [0.05, 0.1) is 27.2 Å². The Balaban J connectivity index is 2.51. The first kappa shape index (κ1) is 12.0. The van der Waals surface area contributed by atoms with E-state index in [0.717, 1.165) is 17.8 Å². The molecule has 1 fully saturated rings. The van der Waals surface area contributed by atoms with E-state index >= 15 is 0 Å². The van der Waals surface area contributed by atoms with Gasteiger partial charge in [-0.3, -0.25) is 0 Å². The summed E-state index contributed by atoms with van der Waals surface area (Å²) in [6.45, 7) is 9.89. The minimum absolute atomic E-state index is 0.923. The summed E-state index contributed by atoms with van der Waals surface area (Å²) in [5.74, 6) is 2.90. The van der Waals surface area contributed by atoms with Crippen LogP contribution in [0.3, 0.4) is 0 Å². The number of hydrogen-bond acceptors (Lipinski definition) is 0. The van der Waals surface area contributed by atoms with Crippen molar-refractivity contribution in [1.82, 2.24) is 0 Å². The van der Waals surface area contributed by atoms with E-state index in [1.54, 1.807) is 0 Å². The van der Waals surface area contributed by atoms with Gasteiger partial charge in [-0.25, -0.2) is 0 Å². The highest BCUT2D eigenvalue weighted by molar-refractivity contribution is 4.76. The molecule has 0 saturated carbocycles. The van der Waals surface area contributed by atoms with Crippen LogP contribution in [0.2, 0.25) is 0 Å². The van der Waals surface area contributed by atoms with Gasteiger partial charge in [-0.05, 0) is 18.8 Å². The Kier molecular flexibility index (Phi) is 4.00. The average Bonchev–Trinajstić information content (AvgIpc) is 2.40. The van der Waals surface area contributed by atoms with Gasteiger partial charge in [-0.2, -0.15) is 0 Å². The van der Waals surface area contributed by atoms with E-state index in [-0.39, 0.29) is 0 Å². The standard InChI is InChI=1S/C13H28N/c1-6-11(3)8-13-10-14(4,5)9-12(13)7-2/h11-13H,6-10H2,1-5H3/q+1. The summed E-state index contributed by atoms with van der Waals surface area (Å²) in [4.78, 5) is 0. The summed E-state index contributed by atoms with van der Waals surface area (Å²) in [7, 11) is 4.78. The van der Waals surface area contributed by atoms with Gasteiger partial charge in [0.25, 0.3) is 0 Å². The fourth-order valence-corrected chi connectivity index (χ4v) is 3.06. The van der Waals surface area contributed by atoms with Crippen molar-refractivity contribution in [2.75, 3.05) is 27.2 Å². The van der Waals surface area contributed by atoms with Crippen molar-refractivity contribution in [1.29, 1.82) is 0 Å². The van der Waals surface area contributed by atoms with Crippen LogP contribution >= 0.6 is 0 Å². The lowest BCUT2D eigenvalue weighted by atomic mass is 9.85. The highest BCUT2D eigenvalue weighted by Crippen LogP contribution is 2.34. The Hall–Kier alpha value is -0.0400. The maximum atomic E-state index is 2.41. The Bertz CT molecular complexity index is 174. The fourth-order valence-electron chi connectivity index (χ4n) is 3.06. The molecule has 14 heavy (non-hydrogen) atoms. The zero-order valence-corrected chi connectivity index (χ0v) is 10.7. The maximum absolute atomic E-state index is 2.41. The third-order valence-corrected chi connectivity index (χ3v) is 4.05. The third kappa shape index (κ3) is 2.98. The van der Waals surface area contributed by atoms with Gasteiger partial charge in [0.15, 0.2) is 0 Å². The molecule has 0 spiro atoms. The second-order valence-electron chi connectivity index (χ2n) is 5.98. The first-order chi connectivity index (χ1) is 6.48. The van der Waals surface area contributed by atoms with E-state index < -0.39 is 0 Å². The van der Waals surface area contributed by atoms with Crippen molar-refractivity contribution >= 4 is 0 Å². The Morgan fingerprint density at radius 3 is 2.21 bits per heavy atom. The molecule has 3 unspecified atom stereocenters. The largest absolute Gasteiger partial charge is 0.328 e. The van der Waals surface area contributed by atoms with Crippen LogP contribution in [0.25, 0.3) is 0 Å². The van der Waals surface area contributed by atoms with E-state index in [1.165, 1.54) is 36.8 Å². The molecule has 1 saturated heterocycles. The van der Waals surface area contributed by atoms with Gasteiger partial charge in [0, 0.05) is 11.8 Å². The molecule has 1 nitrogen and oxygen atoms in total. The number of quaternary nitrogens is 1. The van der Waals surface area contributed by atoms with Crippen LogP contribution in [0.5, 0.6) is 0 Å². The number of nitrogens with zero attached hydrogens (tertiary/aromatic N) is 1. The van der Waals surface area contributed by atoms with Crippen molar-refractivity contribution in [2.45, 2.75) is 40.0 Å². The molecule has 0 aromatic rings. The summed E-state index contributed by atoms with van der Waals surface area (Å²) >= 11 is 0. The minimum Gasteiger partial charge on any atom is -0.328 e. The molecule has 0 radical (unpaired) electrons. The molecule has 0 N–H and O–H groups in total. The predicted molar refractivity (Wildman–Crippen MR) is 63.2 cm³/mol. The Morgan fingerprint density at radius 1 is 1.14 bits per heavy atom. The molecular weight excluding hydrogens is 170 g/mol. The molecule has 1 aliphatic heterocycles. The van der Waals surface area contributed by atoms with E-state index in [4.69, 9.17) is 0 Å². The summed E-state index contributed by atoms with van der Waals surface area (Å²) in [6, 6.07) is 0. The lowest BCUT2D eigenvalue weighted by Crippen LogP contribution is -2.37. The molecule has 84 valence electrons. The van der Waals surface area contributed by atoms with E-state index in [0.29, 0.717) is 0 Å². The quantitative estimate of drug-likeness (QED) is 0.609. The smallest absolute Gasteiger partial charge is 0.0816 e. The molecule has 1 aliphatic rings. The topological polar surface area (TPSA) is 0 Å². The number of likely N-dealkylation sites (tertiary alicyclic amines) is 1. The second-order valence-corrected chi connectivity index (χ2v) is 5.98.